The van der Waals surface area contributed by atoms with E-state index in [2.05, 4.69) is 10.4 Å². The molecule has 1 fully saturated rings. The lowest BCUT2D eigenvalue weighted by atomic mass is 9.95. The smallest absolute Gasteiger partial charge is 0.276 e. The van der Waals surface area contributed by atoms with Crippen LogP contribution in [0.4, 0.5) is 5.00 Å². The highest BCUT2D eigenvalue weighted by atomic mass is 32.1. The van der Waals surface area contributed by atoms with Gasteiger partial charge in [0.2, 0.25) is 0 Å². The van der Waals surface area contributed by atoms with Crippen LogP contribution in [0.25, 0.3) is 0 Å². The van der Waals surface area contributed by atoms with Gasteiger partial charge in [0.15, 0.2) is 5.69 Å². The third-order valence-electron chi connectivity index (χ3n) is 5.11. The van der Waals surface area contributed by atoms with Gasteiger partial charge in [0.25, 0.3) is 11.8 Å². The molecule has 27 heavy (non-hydrogen) atoms. The van der Waals surface area contributed by atoms with Crippen LogP contribution in [-0.2, 0) is 24.1 Å². The van der Waals surface area contributed by atoms with Gasteiger partial charge in [0.1, 0.15) is 5.00 Å². The minimum atomic E-state index is -0.267. The number of fused-ring (bicyclic) bond motifs is 1. The van der Waals surface area contributed by atoms with Crippen LogP contribution >= 0.6 is 11.3 Å². The van der Waals surface area contributed by atoms with Crippen LogP contribution in [-0.4, -0.2) is 52.8 Å². The van der Waals surface area contributed by atoms with Crippen molar-refractivity contribution in [1.29, 1.82) is 0 Å². The van der Waals surface area contributed by atoms with Gasteiger partial charge in [0.05, 0.1) is 18.8 Å². The predicted octanol–water partition coefficient (Wildman–Crippen LogP) is 2.57. The van der Waals surface area contributed by atoms with Crippen LogP contribution in [0.2, 0.25) is 0 Å². The molecule has 1 saturated heterocycles. The highest BCUT2D eigenvalue weighted by Crippen LogP contribution is 2.39. The van der Waals surface area contributed by atoms with Gasteiger partial charge in [-0.25, -0.2) is 0 Å². The van der Waals surface area contributed by atoms with E-state index in [4.69, 9.17) is 4.74 Å². The first-order chi connectivity index (χ1) is 13.2. The number of aryl methyl sites for hydroxylation is 2. The first kappa shape index (κ1) is 18.2. The molecule has 3 heterocycles. The number of carbonyl (C=O) groups is 2. The van der Waals surface area contributed by atoms with E-state index < -0.39 is 0 Å². The number of carbonyl (C=O) groups excluding carboxylic acids is 2. The number of hydrogen-bond acceptors (Lipinski definition) is 5. The Bertz CT molecular complexity index is 851. The Labute approximate surface area is 162 Å². The molecule has 7 nitrogen and oxygen atoms in total. The van der Waals surface area contributed by atoms with Gasteiger partial charge in [0, 0.05) is 30.7 Å². The minimum absolute atomic E-state index is 0.00656. The summed E-state index contributed by atoms with van der Waals surface area (Å²) in [5, 5.41) is 7.90. The summed E-state index contributed by atoms with van der Waals surface area (Å²) < 4.78 is 7.09. The van der Waals surface area contributed by atoms with Gasteiger partial charge < -0.3 is 15.0 Å². The Morgan fingerprint density at radius 3 is 2.78 bits per heavy atom. The molecule has 1 aliphatic carbocycles. The molecule has 1 aliphatic heterocycles. The number of aromatic nitrogens is 2. The van der Waals surface area contributed by atoms with E-state index in [0.717, 1.165) is 31.2 Å². The number of morpholine rings is 1. The zero-order valence-corrected chi connectivity index (χ0v) is 16.3. The van der Waals surface area contributed by atoms with Crippen molar-refractivity contribution in [1.82, 2.24) is 14.7 Å². The van der Waals surface area contributed by atoms with Crippen molar-refractivity contribution in [3.05, 3.63) is 34.0 Å². The number of nitrogens with zero attached hydrogens (tertiary/aromatic N) is 3. The average molecular weight is 388 g/mol. The van der Waals surface area contributed by atoms with E-state index in [-0.39, 0.29) is 11.8 Å². The summed E-state index contributed by atoms with van der Waals surface area (Å²) in [5.74, 6) is -0.260. The van der Waals surface area contributed by atoms with Crippen LogP contribution in [0.1, 0.15) is 51.1 Å². The Morgan fingerprint density at radius 1 is 1.26 bits per heavy atom. The second kappa shape index (κ2) is 7.82. The lowest BCUT2D eigenvalue weighted by Crippen LogP contribution is -2.41. The molecular formula is C19H24N4O3S. The van der Waals surface area contributed by atoms with Crippen molar-refractivity contribution >= 4 is 28.2 Å². The molecule has 0 atom stereocenters. The molecule has 8 heteroatoms. The zero-order chi connectivity index (χ0) is 18.8. The quantitative estimate of drug-likeness (QED) is 0.873. The Kier molecular flexibility index (Phi) is 5.27. The standard InChI is InChI=1S/C19H24N4O3S/c1-2-23-8-7-14(21-23)17(24)20-18-16(13-5-3-4-6-15(13)27-18)19(25)22-9-11-26-12-10-22/h7-8H,2-6,9-12H2,1H3,(H,20,24). The van der Waals surface area contributed by atoms with Gasteiger partial charge in [-0.1, -0.05) is 0 Å². The summed E-state index contributed by atoms with van der Waals surface area (Å²) in [6.07, 6.45) is 5.88. The summed E-state index contributed by atoms with van der Waals surface area (Å²) in [5.41, 5.74) is 2.17. The Hall–Kier alpha value is -2.19. The van der Waals surface area contributed by atoms with E-state index in [0.29, 0.717) is 49.1 Å². The number of amides is 2. The number of ether oxygens (including phenoxy) is 1. The van der Waals surface area contributed by atoms with Crippen molar-refractivity contribution < 1.29 is 14.3 Å². The number of rotatable bonds is 4. The second-order valence-corrected chi connectivity index (χ2v) is 7.94. The van der Waals surface area contributed by atoms with E-state index >= 15 is 0 Å². The Balaban J connectivity index is 1.64. The molecule has 2 aromatic heterocycles. The highest BCUT2D eigenvalue weighted by molar-refractivity contribution is 7.17. The fourth-order valence-electron chi connectivity index (χ4n) is 3.63. The van der Waals surface area contributed by atoms with Gasteiger partial charge >= 0.3 is 0 Å². The highest BCUT2D eigenvalue weighted by Gasteiger charge is 2.30. The van der Waals surface area contributed by atoms with E-state index in [9.17, 15) is 9.59 Å². The largest absolute Gasteiger partial charge is 0.378 e. The van der Waals surface area contributed by atoms with E-state index in [1.165, 1.54) is 4.88 Å². The van der Waals surface area contributed by atoms with Crippen LogP contribution in [0.3, 0.4) is 0 Å². The monoisotopic (exact) mass is 388 g/mol. The normalized spacial score (nSPS) is 16.9. The first-order valence-electron chi connectivity index (χ1n) is 9.53. The average Bonchev–Trinajstić information content (AvgIpc) is 3.32. The van der Waals surface area contributed by atoms with Crippen molar-refractivity contribution in [2.45, 2.75) is 39.2 Å². The number of thiophene rings is 1. The molecular weight excluding hydrogens is 364 g/mol. The summed E-state index contributed by atoms with van der Waals surface area (Å²) in [6, 6.07) is 1.70. The lowest BCUT2D eigenvalue weighted by Gasteiger charge is -2.27. The van der Waals surface area contributed by atoms with Gasteiger partial charge in [-0.3, -0.25) is 14.3 Å². The molecule has 0 saturated carbocycles. The third kappa shape index (κ3) is 3.64. The third-order valence-corrected chi connectivity index (χ3v) is 6.32. The van der Waals surface area contributed by atoms with Crippen LogP contribution in [0, 0.1) is 0 Å². The molecule has 144 valence electrons. The molecule has 0 aromatic carbocycles. The molecule has 0 bridgehead atoms. The molecule has 0 radical (unpaired) electrons. The van der Waals surface area contributed by atoms with Gasteiger partial charge in [-0.2, -0.15) is 5.10 Å². The molecule has 0 unspecified atom stereocenters. The van der Waals surface area contributed by atoms with Gasteiger partial charge in [-0.15, -0.1) is 11.3 Å². The minimum Gasteiger partial charge on any atom is -0.378 e. The fourth-order valence-corrected chi connectivity index (χ4v) is 4.91. The summed E-state index contributed by atoms with van der Waals surface area (Å²) in [4.78, 5) is 29.0. The van der Waals surface area contributed by atoms with Gasteiger partial charge in [-0.05, 0) is 44.2 Å². The second-order valence-electron chi connectivity index (χ2n) is 6.83. The maximum atomic E-state index is 13.2. The summed E-state index contributed by atoms with van der Waals surface area (Å²) in [7, 11) is 0. The topological polar surface area (TPSA) is 76.5 Å². The molecule has 4 rings (SSSR count). The van der Waals surface area contributed by atoms with E-state index in [1.807, 2.05) is 11.8 Å². The zero-order valence-electron chi connectivity index (χ0n) is 15.5. The van der Waals surface area contributed by atoms with Crippen molar-refractivity contribution in [2.24, 2.45) is 0 Å². The number of nitrogens with one attached hydrogen (secondary N) is 1. The number of hydrogen-bond donors (Lipinski definition) is 1. The predicted molar refractivity (Wildman–Crippen MR) is 104 cm³/mol. The fraction of sp³-hybridized carbons (Fsp3) is 0.526. The van der Waals surface area contributed by atoms with Crippen molar-refractivity contribution in [3.8, 4) is 0 Å². The summed E-state index contributed by atoms with van der Waals surface area (Å²) in [6.45, 7) is 5.00. The SMILES string of the molecule is CCn1ccc(C(=O)Nc2sc3c(c2C(=O)N2CCOCC2)CCCC3)n1. The molecule has 1 N–H and O–H groups in total. The van der Waals surface area contributed by atoms with Crippen molar-refractivity contribution in [3.63, 3.8) is 0 Å². The van der Waals surface area contributed by atoms with Crippen LogP contribution in [0.5, 0.6) is 0 Å². The number of anilines is 1. The lowest BCUT2D eigenvalue weighted by molar-refractivity contribution is 0.0303. The van der Waals surface area contributed by atoms with E-state index in [1.54, 1.807) is 28.3 Å². The van der Waals surface area contributed by atoms with Crippen LogP contribution < -0.4 is 5.32 Å². The molecule has 2 amide bonds. The molecule has 2 aliphatic rings. The summed E-state index contributed by atoms with van der Waals surface area (Å²) >= 11 is 1.54. The maximum absolute atomic E-state index is 13.2. The van der Waals surface area contributed by atoms with Crippen molar-refractivity contribution in [2.75, 3.05) is 31.6 Å². The Morgan fingerprint density at radius 2 is 2.04 bits per heavy atom. The first-order valence-corrected chi connectivity index (χ1v) is 10.4. The maximum Gasteiger partial charge on any atom is 0.276 e. The van der Waals surface area contributed by atoms with Crippen LogP contribution in [0.15, 0.2) is 12.3 Å². The molecule has 0 spiro atoms. The molecule has 2 aromatic rings.